The number of nitrogens with one attached hydrogen (secondary N) is 1. The SMILES string of the molecule is CC(=O)Nc1ccc2sc3nc(-c4ccccc4)cn3c2c1. The number of hydrogen-bond donors (Lipinski definition) is 1. The van der Waals surface area contributed by atoms with Crippen molar-refractivity contribution in [1.82, 2.24) is 9.38 Å². The van der Waals surface area contributed by atoms with Crippen LogP contribution in [0.2, 0.25) is 0 Å². The van der Waals surface area contributed by atoms with Crippen molar-refractivity contribution in [3.05, 3.63) is 54.7 Å². The molecule has 0 radical (unpaired) electrons. The third-order valence-corrected chi connectivity index (χ3v) is 4.52. The second-order valence-corrected chi connectivity index (χ2v) is 6.12. The molecule has 4 rings (SSSR count). The fourth-order valence-electron chi connectivity index (χ4n) is 2.53. The van der Waals surface area contributed by atoms with Crippen LogP contribution in [0, 0.1) is 0 Å². The van der Waals surface area contributed by atoms with Crippen LogP contribution in [-0.4, -0.2) is 15.3 Å². The van der Waals surface area contributed by atoms with Gasteiger partial charge in [0, 0.05) is 24.4 Å². The Morgan fingerprint density at radius 3 is 2.77 bits per heavy atom. The van der Waals surface area contributed by atoms with Crippen LogP contribution in [-0.2, 0) is 4.79 Å². The summed E-state index contributed by atoms with van der Waals surface area (Å²) in [5.41, 5.74) is 3.92. The van der Waals surface area contributed by atoms with Gasteiger partial charge in [-0.25, -0.2) is 4.98 Å². The fourth-order valence-corrected chi connectivity index (χ4v) is 3.52. The van der Waals surface area contributed by atoms with Crippen molar-refractivity contribution in [2.24, 2.45) is 0 Å². The fraction of sp³-hybridized carbons (Fsp3) is 0.0588. The van der Waals surface area contributed by atoms with Gasteiger partial charge in [0.05, 0.1) is 15.9 Å². The first-order chi connectivity index (χ1) is 10.7. The lowest BCUT2D eigenvalue weighted by Crippen LogP contribution is -2.05. The number of nitrogens with zero attached hydrogens (tertiary/aromatic N) is 2. The quantitative estimate of drug-likeness (QED) is 0.604. The van der Waals surface area contributed by atoms with E-state index in [2.05, 4.69) is 21.9 Å². The van der Waals surface area contributed by atoms with Crippen molar-refractivity contribution in [2.45, 2.75) is 6.92 Å². The van der Waals surface area contributed by atoms with Crippen molar-refractivity contribution >= 4 is 38.1 Å². The molecular weight excluding hydrogens is 294 g/mol. The molecule has 4 aromatic rings. The lowest BCUT2D eigenvalue weighted by atomic mass is 10.2. The number of imidazole rings is 1. The molecule has 0 saturated carbocycles. The van der Waals surface area contributed by atoms with Gasteiger partial charge < -0.3 is 5.32 Å². The number of fused-ring (bicyclic) bond motifs is 3. The smallest absolute Gasteiger partial charge is 0.221 e. The summed E-state index contributed by atoms with van der Waals surface area (Å²) in [7, 11) is 0. The molecule has 5 heteroatoms. The minimum atomic E-state index is -0.0681. The minimum absolute atomic E-state index is 0.0681. The number of amides is 1. The number of thiazole rings is 1. The molecule has 0 spiro atoms. The van der Waals surface area contributed by atoms with Gasteiger partial charge in [-0.05, 0) is 18.2 Å². The highest BCUT2D eigenvalue weighted by atomic mass is 32.1. The van der Waals surface area contributed by atoms with Crippen LogP contribution in [0.25, 0.3) is 26.4 Å². The second-order valence-electron chi connectivity index (χ2n) is 5.11. The number of carbonyl (C=O) groups excluding carboxylic acids is 1. The molecule has 0 atom stereocenters. The van der Waals surface area contributed by atoms with Gasteiger partial charge in [0.2, 0.25) is 5.91 Å². The monoisotopic (exact) mass is 307 g/mol. The van der Waals surface area contributed by atoms with Crippen LogP contribution < -0.4 is 5.32 Å². The maximum Gasteiger partial charge on any atom is 0.221 e. The van der Waals surface area contributed by atoms with Gasteiger partial charge in [-0.3, -0.25) is 9.20 Å². The van der Waals surface area contributed by atoms with Crippen LogP contribution >= 0.6 is 11.3 Å². The van der Waals surface area contributed by atoms with E-state index in [1.54, 1.807) is 11.3 Å². The van der Waals surface area contributed by atoms with Gasteiger partial charge in [0.1, 0.15) is 0 Å². The average Bonchev–Trinajstić information content (AvgIpc) is 3.05. The minimum Gasteiger partial charge on any atom is -0.326 e. The molecule has 0 aliphatic carbocycles. The molecule has 0 aliphatic heterocycles. The van der Waals surface area contributed by atoms with E-state index in [1.807, 2.05) is 42.6 Å². The zero-order valence-corrected chi connectivity index (χ0v) is 12.7. The molecule has 1 amide bonds. The Balaban J connectivity index is 1.87. The third-order valence-electron chi connectivity index (χ3n) is 3.48. The Morgan fingerprint density at radius 2 is 2.00 bits per heavy atom. The first-order valence-corrected chi connectivity index (χ1v) is 7.77. The summed E-state index contributed by atoms with van der Waals surface area (Å²) >= 11 is 1.64. The average molecular weight is 307 g/mol. The van der Waals surface area contributed by atoms with E-state index < -0.39 is 0 Å². The van der Waals surface area contributed by atoms with Crippen molar-refractivity contribution in [3.8, 4) is 11.3 Å². The van der Waals surface area contributed by atoms with Crippen molar-refractivity contribution in [3.63, 3.8) is 0 Å². The summed E-state index contributed by atoms with van der Waals surface area (Å²) in [6.45, 7) is 1.51. The Hall–Kier alpha value is -2.66. The van der Waals surface area contributed by atoms with Crippen molar-refractivity contribution < 1.29 is 4.79 Å². The highest BCUT2D eigenvalue weighted by molar-refractivity contribution is 7.23. The Morgan fingerprint density at radius 1 is 1.18 bits per heavy atom. The molecule has 0 aliphatic rings. The lowest BCUT2D eigenvalue weighted by Gasteiger charge is -2.01. The molecule has 2 heterocycles. The van der Waals surface area contributed by atoms with E-state index >= 15 is 0 Å². The van der Waals surface area contributed by atoms with Crippen LogP contribution in [0.15, 0.2) is 54.7 Å². The largest absolute Gasteiger partial charge is 0.326 e. The first kappa shape index (κ1) is 13.0. The molecule has 1 N–H and O–H groups in total. The summed E-state index contributed by atoms with van der Waals surface area (Å²) in [6.07, 6.45) is 2.04. The zero-order chi connectivity index (χ0) is 15.1. The number of carbonyl (C=O) groups is 1. The van der Waals surface area contributed by atoms with Crippen LogP contribution in [0.1, 0.15) is 6.92 Å². The summed E-state index contributed by atoms with van der Waals surface area (Å²) in [6, 6.07) is 16.0. The maximum atomic E-state index is 11.2. The third kappa shape index (κ3) is 2.16. The van der Waals surface area contributed by atoms with Gasteiger partial charge >= 0.3 is 0 Å². The van der Waals surface area contributed by atoms with Gasteiger partial charge in [-0.15, -0.1) is 0 Å². The van der Waals surface area contributed by atoms with Crippen molar-refractivity contribution in [1.29, 1.82) is 0 Å². The highest BCUT2D eigenvalue weighted by Gasteiger charge is 2.10. The van der Waals surface area contributed by atoms with Crippen LogP contribution in [0.4, 0.5) is 5.69 Å². The zero-order valence-electron chi connectivity index (χ0n) is 11.9. The van der Waals surface area contributed by atoms with E-state index in [-0.39, 0.29) is 5.91 Å². The van der Waals surface area contributed by atoms with Gasteiger partial charge in [-0.1, -0.05) is 41.7 Å². The molecule has 0 fully saturated rings. The van der Waals surface area contributed by atoms with Gasteiger partial charge in [-0.2, -0.15) is 0 Å². The van der Waals surface area contributed by atoms with E-state index in [1.165, 1.54) is 6.92 Å². The molecule has 0 unspecified atom stereocenters. The molecular formula is C17H13N3OS. The standard InChI is InChI=1S/C17H13N3OS/c1-11(21)18-13-7-8-16-15(9-13)20-10-14(19-17(20)22-16)12-5-3-2-4-6-12/h2-10H,1H3,(H,18,21). The molecule has 22 heavy (non-hydrogen) atoms. The number of hydrogen-bond acceptors (Lipinski definition) is 3. The van der Waals surface area contributed by atoms with E-state index in [0.29, 0.717) is 0 Å². The van der Waals surface area contributed by atoms with E-state index in [4.69, 9.17) is 4.98 Å². The van der Waals surface area contributed by atoms with Crippen LogP contribution in [0.3, 0.4) is 0 Å². The number of rotatable bonds is 2. The maximum absolute atomic E-state index is 11.2. The molecule has 2 aromatic heterocycles. The van der Waals surface area contributed by atoms with E-state index in [9.17, 15) is 4.79 Å². The Bertz CT molecular complexity index is 985. The summed E-state index contributed by atoms with van der Waals surface area (Å²) in [5, 5.41) is 2.82. The first-order valence-electron chi connectivity index (χ1n) is 6.95. The number of aromatic nitrogens is 2. The number of anilines is 1. The Kier molecular flexibility index (Phi) is 2.94. The predicted octanol–water partition coefficient (Wildman–Crippen LogP) is 4.17. The lowest BCUT2D eigenvalue weighted by molar-refractivity contribution is -0.114. The van der Waals surface area contributed by atoms with Gasteiger partial charge in [0.15, 0.2) is 4.96 Å². The normalized spacial score (nSPS) is 11.1. The summed E-state index contributed by atoms with van der Waals surface area (Å²) in [4.78, 5) is 16.9. The molecule has 2 aromatic carbocycles. The second kappa shape index (κ2) is 4.96. The molecule has 0 saturated heterocycles. The summed E-state index contributed by atoms with van der Waals surface area (Å²) in [5.74, 6) is -0.0681. The Labute approximate surface area is 131 Å². The van der Waals surface area contributed by atoms with Gasteiger partial charge in [0.25, 0.3) is 0 Å². The molecule has 0 bridgehead atoms. The summed E-state index contributed by atoms with van der Waals surface area (Å²) < 4.78 is 3.23. The molecule has 108 valence electrons. The predicted molar refractivity (Wildman–Crippen MR) is 90.3 cm³/mol. The van der Waals surface area contributed by atoms with Crippen LogP contribution in [0.5, 0.6) is 0 Å². The highest BCUT2D eigenvalue weighted by Crippen LogP contribution is 2.31. The van der Waals surface area contributed by atoms with E-state index in [0.717, 1.165) is 32.1 Å². The van der Waals surface area contributed by atoms with Crippen molar-refractivity contribution in [2.75, 3.05) is 5.32 Å². The molecule has 4 nitrogen and oxygen atoms in total. The number of benzene rings is 2. The topological polar surface area (TPSA) is 46.4 Å².